The van der Waals surface area contributed by atoms with Crippen molar-refractivity contribution in [3.63, 3.8) is 0 Å². The monoisotopic (exact) mass is 281 g/mol. The van der Waals surface area contributed by atoms with Gasteiger partial charge in [-0.15, -0.1) is 0 Å². The topological polar surface area (TPSA) is 37.8 Å². The lowest BCUT2D eigenvalue weighted by atomic mass is 10.1. The molecule has 1 aromatic carbocycles. The van der Waals surface area contributed by atoms with Crippen molar-refractivity contribution in [3.8, 4) is 11.4 Å². The summed E-state index contributed by atoms with van der Waals surface area (Å²) < 4.78 is 37.5. The van der Waals surface area contributed by atoms with Gasteiger partial charge in [0.15, 0.2) is 5.82 Å². The molecular weight excluding hydrogens is 267 g/mol. The zero-order valence-electron chi connectivity index (χ0n) is 11.3. The Morgan fingerprint density at radius 1 is 1.00 bits per heavy atom. The fraction of sp³-hybridized carbons (Fsp3) is 0.286. The van der Waals surface area contributed by atoms with Crippen LogP contribution in [0.4, 0.5) is 19.0 Å². The van der Waals surface area contributed by atoms with Gasteiger partial charge in [-0.3, -0.25) is 0 Å². The molecule has 0 unspecified atom stereocenters. The van der Waals surface area contributed by atoms with E-state index >= 15 is 0 Å². The Morgan fingerprint density at radius 2 is 1.60 bits per heavy atom. The molecule has 0 aliphatic carbocycles. The summed E-state index contributed by atoms with van der Waals surface area (Å²) in [6.07, 6.45) is -4.33. The van der Waals surface area contributed by atoms with Crippen LogP contribution in [0.15, 0.2) is 24.3 Å². The summed E-state index contributed by atoms with van der Waals surface area (Å²) in [6.45, 7) is 3.73. The fourth-order valence-corrected chi connectivity index (χ4v) is 1.81. The van der Waals surface area contributed by atoms with Crippen LogP contribution in [0.25, 0.3) is 11.4 Å². The van der Waals surface area contributed by atoms with Crippen molar-refractivity contribution in [1.29, 1.82) is 0 Å². The van der Waals surface area contributed by atoms with Crippen LogP contribution in [-0.4, -0.2) is 17.0 Å². The average molecular weight is 281 g/mol. The van der Waals surface area contributed by atoms with Crippen LogP contribution >= 0.6 is 0 Å². The minimum Gasteiger partial charge on any atom is -0.373 e. The number of alkyl halides is 3. The lowest BCUT2D eigenvalue weighted by Crippen LogP contribution is -2.05. The zero-order valence-corrected chi connectivity index (χ0v) is 11.3. The molecule has 20 heavy (non-hydrogen) atoms. The Kier molecular flexibility index (Phi) is 3.65. The van der Waals surface area contributed by atoms with Gasteiger partial charge >= 0.3 is 6.18 Å². The average Bonchev–Trinajstić information content (AvgIpc) is 2.41. The molecule has 0 amide bonds. The van der Waals surface area contributed by atoms with Gasteiger partial charge in [-0.05, 0) is 26.0 Å². The maximum Gasteiger partial charge on any atom is 0.416 e. The summed E-state index contributed by atoms with van der Waals surface area (Å²) in [4.78, 5) is 8.62. The quantitative estimate of drug-likeness (QED) is 0.909. The maximum absolute atomic E-state index is 12.5. The number of rotatable bonds is 2. The highest BCUT2D eigenvalue weighted by atomic mass is 19.4. The molecule has 1 aromatic heterocycles. The van der Waals surface area contributed by atoms with E-state index in [2.05, 4.69) is 15.3 Å². The molecule has 6 heteroatoms. The fourth-order valence-electron chi connectivity index (χ4n) is 1.81. The second kappa shape index (κ2) is 5.11. The van der Waals surface area contributed by atoms with Crippen LogP contribution in [0, 0.1) is 13.8 Å². The molecule has 0 spiro atoms. The Hall–Kier alpha value is -2.11. The van der Waals surface area contributed by atoms with E-state index in [0.29, 0.717) is 17.2 Å². The molecule has 0 aliphatic heterocycles. The van der Waals surface area contributed by atoms with Crippen LogP contribution in [0.3, 0.4) is 0 Å². The van der Waals surface area contributed by atoms with Gasteiger partial charge in [0.1, 0.15) is 5.82 Å². The Bertz CT molecular complexity index is 619. The summed E-state index contributed by atoms with van der Waals surface area (Å²) in [7, 11) is 1.74. The Balaban J connectivity index is 2.44. The van der Waals surface area contributed by atoms with Gasteiger partial charge in [0.2, 0.25) is 0 Å². The van der Waals surface area contributed by atoms with Crippen molar-refractivity contribution < 1.29 is 13.2 Å². The highest BCUT2D eigenvalue weighted by molar-refractivity contribution is 5.60. The largest absolute Gasteiger partial charge is 0.416 e. The molecule has 0 saturated heterocycles. The molecule has 1 heterocycles. The van der Waals surface area contributed by atoms with Gasteiger partial charge in [0.05, 0.1) is 5.56 Å². The lowest BCUT2D eigenvalue weighted by molar-refractivity contribution is -0.137. The number of aryl methyl sites for hydroxylation is 1. The minimum atomic E-state index is -4.33. The summed E-state index contributed by atoms with van der Waals surface area (Å²) >= 11 is 0. The van der Waals surface area contributed by atoms with Crippen molar-refractivity contribution in [2.24, 2.45) is 0 Å². The van der Waals surface area contributed by atoms with Crippen LogP contribution in [0.5, 0.6) is 0 Å². The highest BCUT2D eigenvalue weighted by Gasteiger charge is 2.30. The number of hydrogen-bond donors (Lipinski definition) is 1. The van der Waals surface area contributed by atoms with E-state index in [9.17, 15) is 13.2 Å². The molecule has 0 bridgehead atoms. The molecule has 1 N–H and O–H groups in total. The third-order valence-electron chi connectivity index (χ3n) is 3.10. The molecule has 3 nitrogen and oxygen atoms in total. The zero-order chi connectivity index (χ0) is 14.9. The number of hydrogen-bond acceptors (Lipinski definition) is 3. The molecule has 106 valence electrons. The first-order valence-electron chi connectivity index (χ1n) is 6.03. The summed E-state index contributed by atoms with van der Waals surface area (Å²) in [5.74, 6) is 1.08. The van der Waals surface area contributed by atoms with Crippen molar-refractivity contribution in [1.82, 2.24) is 9.97 Å². The molecule has 2 rings (SSSR count). The molecular formula is C14H14F3N3. The van der Waals surface area contributed by atoms with E-state index in [1.807, 2.05) is 13.8 Å². The van der Waals surface area contributed by atoms with Gasteiger partial charge in [-0.25, -0.2) is 9.97 Å². The van der Waals surface area contributed by atoms with Gasteiger partial charge in [0, 0.05) is 23.9 Å². The van der Waals surface area contributed by atoms with Crippen molar-refractivity contribution in [2.45, 2.75) is 20.0 Å². The first kappa shape index (κ1) is 14.3. The normalized spacial score (nSPS) is 11.5. The molecule has 0 aliphatic rings. The Morgan fingerprint density at radius 3 is 2.10 bits per heavy atom. The highest BCUT2D eigenvalue weighted by Crippen LogP contribution is 2.30. The van der Waals surface area contributed by atoms with E-state index < -0.39 is 11.7 Å². The molecule has 0 fully saturated rings. The molecule has 0 radical (unpaired) electrons. The maximum atomic E-state index is 12.5. The molecule has 2 aromatic rings. The van der Waals surface area contributed by atoms with E-state index in [0.717, 1.165) is 23.4 Å². The smallest absolute Gasteiger partial charge is 0.373 e. The SMILES string of the molecule is CNc1nc(-c2ccc(C(F)(F)F)cc2)nc(C)c1C. The van der Waals surface area contributed by atoms with Crippen molar-refractivity contribution in [2.75, 3.05) is 12.4 Å². The number of nitrogens with zero attached hydrogens (tertiary/aromatic N) is 2. The lowest BCUT2D eigenvalue weighted by Gasteiger charge is -2.11. The Labute approximate surface area is 114 Å². The standard InChI is InChI=1S/C14H14F3N3/c1-8-9(2)19-13(20-12(8)18-3)10-4-6-11(7-5-10)14(15,16)17/h4-7H,1-3H3,(H,18,19,20). The van der Waals surface area contributed by atoms with Gasteiger partial charge in [0.25, 0.3) is 0 Å². The number of benzene rings is 1. The third-order valence-corrected chi connectivity index (χ3v) is 3.10. The number of nitrogens with one attached hydrogen (secondary N) is 1. The van der Waals surface area contributed by atoms with E-state index in [1.54, 1.807) is 7.05 Å². The van der Waals surface area contributed by atoms with Crippen LogP contribution in [0.2, 0.25) is 0 Å². The minimum absolute atomic E-state index is 0.408. The number of aromatic nitrogens is 2. The van der Waals surface area contributed by atoms with E-state index in [4.69, 9.17) is 0 Å². The molecule has 0 atom stereocenters. The predicted octanol–water partition coefficient (Wildman–Crippen LogP) is 3.82. The summed E-state index contributed by atoms with van der Waals surface area (Å²) in [6, 6.07) is 4.83. The van der Waals surface area contributed by atoms with Gasteiger partial charge in [-0.2, -0.15) is 13.2 Å². The summed E-state index contributed by atoms with van der Waals surface area (Å²) in [5.41, 5.74) is 1.58. The second-order valence-electron chi connectivity index (χ2n) is 4.43. The van der Waals surface area contributed by atoms with Gasteiger partial charge < -0.3 is 5.32 Å². The number of anilines is 1. The third kappa shape index (κ3) is 2.74. The second-order valence-corrected chi connectivity index (χ2v) is 4.43. The van der Waals surface area contributed by atoms with Crippen LogP contribution in [-0.2, 0) is 6.18 Å². The first-order chi connectivity index (χ1) is 9.32. The molecule has 0 saturated carbocycles. The predicted molar refractivity (Wildman–Crippen MR) is 71.5 cm³/mol. The first-order valence-corrected chi connectivity index (χ1v) is 6.03. The van der Waals surface area contributed by atoms with E-state index in [-0.39, 0.29) is 0 Å². The van der Waals surface area contributed by atoms with Gasteiger partial charge in [-0.1, -0.05) is 12.1 Å². The van der Waals surface area contributed by atoms with Crippen molar-refractivity contribution >= 4 is 5.82 Å². The van der Waals surface area contributed by atoms with Crippen molar-refractivity contribution in [3.05, 3.63) is 41.1 Å². The van der Waals surface area contributed by atoms with E-state index in [1.165, 1.54) is 12.1 Å². The van der Waals surface area contributed by atoms with Crippen LogP contribution in [0.1, 0.15) is 16.8 Å². The number of halogens is 3. The summed E-state index contributed by atoms with van der Waals surface area (Å²) in [5, 5.41) is 2.95. The van der Waals surface area contributed by atoms with Crippen LogP contribution < -0.4 is 5.32 Å².